The van der Waals surface area contributed by atoms with E-state index < -0.39 is 48.3 Å². The Kier molecular flexibility index (Phi) is 10.4. The molecular formula is C12H21N3O6S2. The molecule has 132 valence electrons. The molecule has 0 aromatic heterocycles. The van der Waals surface area contributed by atoms with Gasteiger partial charge in [0.1, 0.15) is 12.1 Å². The summed E-state index contributed by atoms with van der Waals surface area (Å²) in [6.45, 7) is 0. The van der Waals surface area contributed by atoms with Gasteiger partial charge in [-0.2, -0.15) is 24.4 Å². The number of thiol groups is 1. The van der Waals surface area contributed by atoms with Crippen LogP contribution >= 0.6 is 24.4 Å². The minimum Gasteiger partial charge on any atom is -0.481 e. The topological polar surface area (TPSA) is 159 Å². The predicted molar refractivity (Wildman–Crippen MR) is 88.6 cm³/mol. The lowest BCUT2D eigenvalue weighted by Crippen LogP contribution is -2.55. The molecule has 0 heterocycles. The summed E-state index contributed by atoms with van der Waals surface area (Å²) in [4.78, 5) is 45.7. The number of hydrogen-bond acceptors (Lipinski definition) is 7. The Morgan fingerprint density at radius 3 is 2.13 bits per heavy atom. The summed E-state index contributed by atoms with van der Waals surface area (Å²) in [5.74, 6) is -3.67. The quantitative estimate of drug-likeness (QED) is 0.241. The first-order valence-corrected chi connectivity index (χ1v) is 8.66. The van der Waals surface area contributed by atoms with Crippen molar-refractivity contribution in [2.45, 2.75) is 31.0 Å². The zero-order chi connectivity index (χ0) is 18.0. The zero-order valence-electron chi connectivity index (χ0n) is 12.5. The van der Waals surface area contributed by atoms with Crippen LogP contribution in [0.3, 0.4) is 0 Å². The van der Waals surface area contributed by atoms with E-state index in [0.717, 1.165) is 0 Å². The van der Waals surface area contributed by atoms with E-state index in [1.165, 1.54) is 11.8 Å². The molecule has 0 bridgehead atoms. The van der Waals surface area contributed by atoms with Gasteiger partial charge in [-0.3, -0.25) is 14.4 Å². The average molecular weight is 367 g/mol. The molecule has 0 radical (unpaired) electrons. The minimum absolute atomic E-state index is 0.0126. The maximum atomic E-state index is 12.1. The van der Waals surface area contributed by atoms with Crippen molar-refractivity contribution >= 4 is 48.1 Å². The molecule has 0 rings (SSSR count). The summed E-state index contributed by atoms with van der Waals surface area (Å²) in [6, 6.07) is -3.59. The molecule has 2 amide bonds. The Balaban J connectivity index is 4.93. The van der Waals surface area contributed by atoms with Crippen LogP contribution in [0.25, 0.3) is 0 Å². The highest BCUT2D eigenvalue weighted by Crippen LogP contribution is 2.03. The molecule has 0 aromatic carbocycles. The third-order valence-corrected chi connectivity index (χ3v) is 3.81. The second-order valence-electron chi connectivity index (χ2n) is 4.63. The van der Waals surface area contributed by atoms with Crippen molar-refractivity contribution in [2.24, 2.45) is 5.73 Å². The van der Waals surface area contributed by atoms with Crippen molar-refractivity contribution in [3.8, 4) is 0 Å². The zero-order valence-corrected chi connectivity index (χ0v) is 14.2. The SMILES string of the molecule is CSCCC(NC(=O)C(CC(=O)O)NC(=O)C(N)CS)C(=O)O. The van der Waals surface area contributed by atoms with Crippen molar-refractivity contribution in [1.29, 1.82) is 0 Å². The first-order valence-electron chi connectivity index (χ1n) is 6.63. The summed E-state index contributed by atoms with van der Waals surface area (Å²) in [7, 11) is 0. The van der Waals surface area contributed by atoms with Crippen LogP contribution in [-0.4, -0.2) is 69.9 Å². The van der Waals surface area contributed by atoms with E-state index in [9.17, 15) is 19.2 Å². The van der Waals surface area contributed by atoms with Crippen LogP contribution in [0.4, 0.5) is 0 Å². The van der Waals surface area contributed by atoms with Gasteiger partial charge < -0.3 is 26.6 Å². The monoisotopic (exact) mass is 367 g/mol. The van der Waals surface area contributed by atoms with E-state index >= 15 is 0 Å². The maximum Gasteiger partial charge on any atom is 0.326 e. The van der Waals surface area contributed by atoms with Gasteiger partial charge in [-0.25, -0.2) is 4.79 Å². The van der Waals surface area contributed by atoms with Gasteiger partial charge in [0, 0.05) is 5.75 Å². The summed E-state index contributed by atoms with van der Waals surface area (Å²) >= 11 is 5.24. The number of carboxylic acids is 2. The van der Waals surface area contributed by atoms with Gasteiger partial charge in [0.2, 0.25) is 11.8 Å². The molecule has 3 atom stereocenters. The lowest BCUT2D eigenvalue weighted by Gasteiger charge is -2.21. The Morgan fingerprint density at radius 2 is 1.70 bits per heavy atom. The van der Waals surface area contributed by atoms with Crippen LogP contribution in [0, 0.1) is 0 Å². The first kappa shape index (κ1) is 21.5. The van der Waals surface area contributed by atoms with Crippen LogP contribution in [0.2, 0.25) is 0 Å². The number of amides is 2. The molecule has 0 spiro atoms. The Labute approximate surface area is 143 Å². The molecule has 23 heavy (non-hydrogen) atoms. The number of carbonyl (C=O) groups is 4. The number of thioether (sulfide) groups is 1. The second kappa shape index (κ2) is 11.1. The summed E-state index contributed by atoms with van der Waals surface area (Å²) in [5, 5.41) is 22.3. The normalized spacial score (nSPS) is 14.4. The summed E-state index contributed by atoms with van der Waals surface area (Å²) < 4.78 is 0. The van der Waals surface area contributed by atoms with Crippen molar-refractivity contribution in [2.75, 3.05) is 17.8 Å². The maximum absolute atomic E-state index is 12.1. The molecule has 0 aliphatic carbocycles. The Bertz CT molecular complexity index is 449. The number of aliphatic carboxylic acids is 2. The average Bonchev–Trinajstić information content (AvgIpc) is 2.48. The van der Waals surface area contributed by atoms with Crippen LogP contribution in [-0.2, 0) is 19.2 Å². The van der Waals surface area contributed by atoms with Crippen molar-refractivity contribution < 1.29 is 29.4 Å². The van der Waals surface area contributed by atoms with Gasteiger partial charge in [-0.05, 0) is 18.4 Å². The molecule has 9 nitrogen and oxygen atoms in total. The number of hydrogen-bond donors (Lipinski definition) is 6. The lowest BCUT2D eigenvalue weighted by molar-refractivity contribution is -0.143. The molecule has 3 unspecified atom stereocenters. The van der Waals surface area contributed by atoms with Crippen molar-refractivity contribution in [3.05, 3.63) is 0 Å². The lowest BCUT2D eigenvalue weighted by atomic mass is 10.1. The summed E-state index contributed by atoms with van der Waals surface area (Å²) in [5.41, 5.74) is 5.45. The van der Waals surface area contributed by atoms with Crippen molar-refractivity contribution in [3.63, 3.8) is 0 Å². The van der Waals surface area contributed by atoms with E-state index in [1.54, 1.807) is 6.26 Å². The molecule has 0 saturated heterocycles. The number of rotatable bonds is 11. The number of nitrogens with two attached hydrogens (primary N) is 1. The standard InChI is InChI=1S/C12H21N3O6S2/c1-23-3-2-7(12(20)21)14-11(19)8(4-9(16)17)15-10(18)6(13)5-22/h6-8,22H,2-5,13H2,1H3,(H,14,19)(H,15,18)(H,16,17)(H,20,21). The molecule has 0 aliphatic rings. The van der Waals surface area contributed by atoms with Gasteiger partial charge in [0.05, 0.1) is 12.5 Å². The molecule has 0 aromatic rings. The van der Waals surface area contributed by atoms with Gasteiger partial charge in [0.25, 0.3) is 0 Å². The number of carbonyl (C=O) groups excluding carboxylic acids is 2. The van der Waals surface area contributed by atoms with Gasteiger partial charge in [-0.15, -0.1) is 0 Å². The third kappa shape index (κ3) is 8.67. The van der Waals surface area contributed by atoms with E-state index in [-0.39, 0.29) is 12.2 Å². The third-order valence-electron chi connectivity index (χ3n) is 2.77. The molecule has 0 fully saturated rings. The fourth-order valence-corrected chi connectivity index (χ4v) is 2.15. The number of carboxylic acid groups (broad SMARTS) is 2. The molecule has 0 aliphatic heterocycles. The van der Waals surface area contributed by atoms with Crippen LogP contribution in [0.1, 0.15) is 12.8 Å². The highest BCUT2D eigenvalue weighted by Gasteiger charge is 2.29. The van der Waals surface area contributed by atoms with Gasteiger partial charge in [-0.1, -0.05) is 0 Å². The molecule has 0 saturated carbocycles. The largest absolute Gasteiger partial charge is 0.481 e. The predicted octanol–water partition coefficient (Wildman–Crippen LogP) is -1.47. The highest BCUT2D eigenvalue weighted by molar-refractivity contribution is 7.98. The van der Waals surface area contributed by atoms with E-state index in [0.29, 0.717) is 5.75 Å². The summed E-state index contributed by atoms with van der Waals surface area (Å²) in [6.07, 6.45) is 1.27. The van der Waals surface area contributed by atoms with E-state index in [1.807, 2.05) is 0 Å². The fourth-order valence-electron chi connectivity index (χ4n) is 1.51. The first-order chi connectivity index (χ1) is 10.7. The smallest absolute Gasteiger partial charge is 0.326 e. The van der Waals surface area contributed by atoms with E-state index in [2.05, 4.69) is 23.3 Å². The Hall–Kier alpha value is -1.46. The fraction of sp³-hybridized carbons (Fsp3) is 0.667. The van der Waals surface area contributed by atoms with Gasteiger partial charge in [0.15, 0.2) is 0 Å². The Morgan fingerprint density at radius 1 is 1.13 bits per heavy atom. The number of nitrogens with one attached hydrogen (secondary N) is 2. The minimum atomic E-state index is -1.41. The van der Waals surface area contributed by atoms with Crippen LogP contribution < -0.4 is 16.4 Å². The van der Waals surface area contributed by atoms with Crippen LogP contribution in [0.5, 0.6) is 0 Å². The molecular weight excluding hydrogens is 346 g/mol. The van der Waals surface area contributed by atoms with Crippen LogP contribution in [0.15, 0.2) is 0 Å². The molecule has 11 heteroatoms. The van der Waals surface area contributed by atoms with E-state index in [4.69, 9.17) is 15.9 Å². The highest BCUT2D eigenvalue weighted by atomic mass is 32.2. The van der Waals surface area contributed by atoms with Gasteiger partial charge >= 0.3 is 11.9 Å². The molecule has 6 N–H and O–H groups in total. The van der Waals surface area contributed by atoms with Crippen molar-refractivity contribution in [1.82, 2.24) is 10.6 Å². The second-order valence-corrected chi connectivity index (χ2v) is 5.98.